The van der Waals surface area contributed by atoms with Gasteiger partial charge in [-0.05, 0) is 18.2 Å². The minimum atomic E-state index is -0.191. The summed E-state index contributed by atoms with van der Waals surface area (Å²) in [5.74, 6) is -0.188. The van der Waals surface area contributed by atoms with E-state index in [9.17, 15) is 9.59 Å². The fraction of sp³-hybridized carbons (Fsp3) is 0.412. The molecule has 0 aliphatic carbocycles. The third-order valence-electron chi connectivity index (χ3n) is 4.12. The number of hydrogen-bond acceptors (Lipinski definition) is 5. The fourth-order valence-corrected chi connectivity index (χ4v) is 2.92. The maximum atomic E-state index is 12.3. The number of fused-ring (bicyclic) bond motifs is 1. The zero-order valence-corrected chi connectivity index (χ0v) is 14.1. The quantitative estimate of drug-likeness (QED) is 0.826. The molecule has 2 aromatic rings. The van der Waals surface area contributed by atoms with Gasteiger partial charge in [-0.25, -0.2) is 0 Å². The summed E-state index contributed by atoms with van der Waals surface area (Å²) in [4.78, 5) is 30.3. The molecule has 8 heteroatoms. The van der Waals surface area contributed by atoms with Crippen molar-refractivity contribution in [1.29, 1.82) is 0 Å². The van der Waals surface area contributed by atoms with Gasteiger partial charge in [0, 0.05) is 26.0 Å². The number of carbonyl (C=O) groups excluding carboxylic acids is 2. The maximum absolute atomic E-state index is 12.3. The molecule has 0 saturated carbocycles. The van der Waals surface area contributed by atoms with E-state index in [2.05, 4.69) is 15.4 Å². The number of methoxy groups -OCH3 is 1. The van der Waals surface area contributed by atoms with Crippen LogP contribution in [-0.2, 0) is 27.4 Å². The first-order valence-electron chi connectivity index (χ1n) is 8.13. The van der Waals surface area contributed by atoms with Gasteiger partial charge < -0.3 is 15.0 Å². The van der Waals surface area contributed by atoms with Gasteiger partial charge in [-0.2, -0.15) is 5.10 Å². The molecule has 0 spiro atoms. The minimum absolute atomic E-state index is 0.0345. The molecule has 8 nitrogen and oxygen atoms in total. The number of rotatable bonds is 6. The molecule has 132 valence electrons. The fourth-order valence-electron chi connectivity index (χ4n) is 2.92. The van der Waals surface area contributed by atoms with E-state index in [1.54, 1.807) is 17.3 Å². The summed E-state index contributed by atoms with van der Waals surface area (Å²) in [5.41, 5.74) is 1.72. The monoisotopic (exact) mass is 343 g/mol. The molecule has 0 unspecified atom stereocenters. The molecule has 2 amide bonds. The Morgan fingerprint density at radius 3 is 2.96 bits per heavy atom. The number of nitrogens with zero attached hydrogens (tertiary/aromatic N) is 4. The maximum Gasteiger partial charge on any atom is 0.248 e. The van der Waals surface area contributed by atoms with E-state index in [1.807, 2.05) is 28.9 Å². The summed E-state index contributed by atoms with van der Waals surface area (Å²) in [6.45, 7) is 1.33. The van der Waals surface area contributed by atoms with Crippen molar-refractivity contribution in [2.24, 2.45) is 0 Å². The second-order valence-corrected chi connectivity index (χ2v) is 5.93. The molecule has 1 aliphatic rings. The van der Waals surface area contributed by atoms with Crippen molar-refractivity contribution < 1.29 is 14.3 Å². The van der Waals surface area contributed by atoms with Crippen LogP contribution in [0.25, 0.3) is 0 Å². The highest BCUT2D eigenvalue weighted by molar-refractivity contribution is 5.78. The molecule has 3 rings (SSSR count). The first-order chi connectivity index (χ1) is 12.2. The lowest BCUT2D eigenvalue weighted by molar-refractivity contribution is -0.138. The van der Waals surface area contributed by atoms with Crippen LogP contribution in [0.5, 0.6) is 0 Å². The molecule has 0 fully saturated rings. The summed E-state index contributed by atoms with van der Waals surface area (Å²) in [6, 6.07) is 7.24. The number of pyridine rings is 1. The van der Waals surface area contributed by atoms with Crippen molar-refractivity contribution in [3.63, 3.8) is 0 Å². The Kier molecular flexibility index (Phi) is 5.39. The molecule has 3 heterocycles. The van der Waals surface area contributed by atoms with Gasteiger partial charge in [-0.1, -0.05) is 6.07 Å². The van der Waals surface area contributed by atoms with E-state index in [1.165, 1.54) is 7.11 Å². The van der Waals surface area contributed by atoms with Crippen LogP contribution in [0.1, 0.15) is 23.9 Å². The van der Waals surface area contributed by atoms with Crippen LogP contribution in [0.4, 0.5) is 0 Å². The largest absolute Gasteiger partial charge is 0.375 e. The molecule has 2 aromatic heterocycles. The highest BCUT2D eigenvalue weighted by Gasteiger charge is 2.29. The van der Waals surface area contributed by atoms with E-state index in [-0.39, 0.29) is 30.9 Å². The molecule has 1 N–H and O–H groups in total. The van der Waals surface area contributed by atoms with E-state index in [0.29, 0.717) is 19.6 Å². The zero-order valence-electron chi connectivity index (χ0n) is 14.1. The third-order valence-corrected chi connectivity index (χ3v) is 4.12. The van der Waals surface area contributed by atoms with Crippen molar-refractivity contribution in [3.8, 4) is 0 Å². The Bertz CT molecular complexity index is 731. The van der Waals surface area contributed by atoms with Gasteiger partial charge in [0.1, 0.15) is 6.61 Å². The molecule has 0 saturated heterocycles. The predicted octanol–water partition coefficient (Wildman–Crippen LogP) is 0.514. The lowest BCUT2D eigenvalue weighted by atomic mass is 10.1. The van der Waals surface area contributed by atoms with Crippen molar-refractivity contribution in [1.82, 2.24) is 25.0 Å². The molecule has 0 aromatic carbocycles. The Morgan fingerprint density at radius 2 is 2.20 bits per heavy atom. The van der Waals surface area contributed by atoms with E-state index in [4.69, 9.17) is 4.74 Å². The number of hydrogen-bond donors (Lipinski definition) is 1. The van der Waals surface area contributed by atoms with Crippen molar-refractivity contribution >= 4 is 11.8 Å². The molecular formula is C17H21N5O3. The second kappa shape index (κ2) is 7.89. The Labute approximate surface area is 145 Å². The van der Waals surface area contributed by atoms with Crippen LogP contribution in [0, 0.1) is 0 Å². The SMILES string of the molecule is COCC(=O)N1Cc2ccnn2[C@H](CC(=O)NCc2ccccn2)C1. The standard InChI is InChI=1S/C17H21N5O3/c1-25-12-17(24)21-10-14-5-7-20-22(14)15(11-21)8-16(23)19-9-13-4-2-3-6-18-13/h2-7,15H,8-12H2,1H3,(H,19,23)/t15-/m1/s1. The van der Waals surface area contributed by atoms with Crippen LogP contribution in [0.15, 0.2) is 36.7 Å². The second-order valence-electron chi connectivity index (χ2n) is 5.93. The van der Waals surface area contributed by atoms with Gasteiger partial charge in [0.2, 0.25) is 11.8 Å². The molecule has 25 heavy (non-hydrogen) atoms. The lowest BCUT2D eigenvalue weighted by Crippen LogP contribution is -2.44. The first-order valence-corrected chi connectivity index (χ1v) is 8.13. The highest BCUT2D eigenvalue weighted by atomic mass is 16.5. The van der Waals surface area contributed by atoms with E-state index >= 15 is 0 Å². The summed E-state index contributed by atoms with van der Waals surface area (Å²) in [6.07, 6.45) is 3.63. The predicted molar refractivity (Wildman–Crippen MR) is 89.3 cm³/mol. The zero-order chi connectivity index (χ0) is 17.6. The molecule has 0 bridgehead atoms. The molecule has 1 aliphatic heterocycles. The van der Waals surface area contributed by atoms with Crippen LogP contribution in [0.2, 0.25) is 0 Å². The van der Waals surface area contributed by atoms with Gasteiger partial charge in [-0.15, -0.1) is 0 Å². The number of aromatic nitrogens is 3. The summed E-state index contributed by atoms with van der Waals surface area (Å²) in [5, 5.41) is 7.17. The van der Waals surface area contributed by atoms with E-state index < -0.39 is 0 Å². The smallest absolute Gasteiger partial charge is 0.248 e. The summed E-state index contributed by atoms with van der Waals surface area (Å²) < 4.78 is 6.76. The van der Waals surface area contributed by atoms with Gasteiger partial charge in [0.05, 0.1) is 36.9 Å². The number of ether oxygens (including phenoxy) is 1. The van der Waals surface area contributed by atoms with Gasteiger partial charge in [-0.3, -0.25) is 19.3 Å². The third kappa shape index (κ3) is 4.21. The topological polar surface area (TPSA) is 89.4 Å². The van der Waals surface area contributed by atoms with Crippen LogP contribution in [0.3, 0.4) is 0 Å². The van der Waals surface area contributed by atoms with Crippen molar-refractivity contribution in [2.75, 3.05) is 20.3 Å². The van der Waals surface area contributed by atoms with Crippen LogP contribution in [-0.4, -0.2) is 51.7 Å². The average Bonchev–Trinajstić information content (AvgIpc) is 3.10. The molecule has 1 atom stereocenters. The average molecular weight is 343 g/mol. The number of amides is 2. The summed E-state index contributed by atoms with van der Waals surface area (Å²) >= 11 is 0. The number of carbonyl (C=O) groups is 2. The first kappa shape index (κ1) is 17.1. The Morgan fingerprint density at radius 1 is 1.32 bits per heavy atom. The van der Waals surface area contributed by atoms with Gasteiger partial charge in [0.25, 0.3) is 0 Å². The van der Waals surface area contributed by atoms with Gasteiger partial charge >= 0.3 is 0 Å². The van der Waals surface area contributed by atoms with E-state index in [0.717, 1.165) is 11.4 Å². The number of nitrogens with one attached hydrogen (secondary N) is 1. The van der Waals surface area contributed by atoms with Crippen molar-refractivity contribution in [2.45, 2.75) is 25.6 Å². The van der Waals surface area contributed by atoms with Crippen LogP contribution < -0.4 is 5.32 Å². The molecule has 0 radical (unpaired) electrons. The molecular weight excluding hydrogens is 322 g/mol. The Balaban J connectivity index is 1.62. The van der Waals surface area contributed by atoms with Crippen LogP contribution >= 0.6 is 0 Å². The normalized spacial score (nSPS) is 16.4. The van der Waals surface area contributed by atoms with Crippen molar-refractivity contribution in [3.05, 3.63) is 48.0 Å². The lowest BCUT2D eigenvalue weighted by Gasteiger charge is -2.33. The van der Waals surface area contributed by atoms with Gasteiger partial charge in [0.15, 0.2) is 0 Å². The summed E-state index contributed by atoms with van der Waals surface area (Å²) in [7, 11) is 1.49. The highest BCUT2D eigenvalue weighted by Crippen LogP contribution is 2.23. The minimum Gasteiger partial charge on any atom is -0.375 e. The Hall–Kier alpha value is -2.74.